The summed E-state index contributed by atoms with van der Waals surface area (Å²) in [7, 11) is 0. The highest BCUT2D eigenvalue weighted by Crippen LogP contribution is 2.23. The van der Waals surface area contributed by atoms with Crippen LogP contribution in [0.3, 0.4) is 0 Å². The number of carbonyl (C=O) groups is 2. The van der Waals surface area contributed by atoms with Crippen molar-refractivity contribution < 1.29 is 14.0 Å². The fourth-order valence-corrected chi connectivity index (χ4v) is 2.41. The average Bonchev–Trinajstić information content (AvgIpc) is 2.51. The highest BCUT2D eigenvalue weighted by molar-refractivity contribution is 6.31. The van der Waals surface area contributed by atoms with Gasteiger partial charge in [0.15, 0.2) is 0 Å². The molecule has 0 bridgehead atoms. The monoisotopic (exact) mass is 368 g/mol. The summed E-state index contributed by atoms with van der Waals surface area (Å²) in [5, 5.41) is 3.08. The van der Waals surface area contributed by atoms with Crippen LogP contribution in [0.1, 0.15) is 12.5 Å². The van der Waals surface area contributed by atoms with Gasteiger partial charge in [-0.2, -0.15) is 0 Å². The number of nitrogens with zero attached hydrogens (tertiary/aromatic N) is 1. The Hall–Kier alpha value is -2.11. The third kappa shape index (κ3) is 4.46. The molecule has 0 saturated carbocycles. The van der Waals surface area contributed by atoms with Crippen molar-refractivity contribution in [1.29, 1.82) is 0 Å². The molecule has 0 aliphatic carbocycles. The third-order valence-corrected chi connectivity index (χ3v) is 4.05. The lowest BCUT2D eigenvalue weighted by molar-refractivity contribution is -0.120. The van der Waals surface area contributed by atoms with Gasteiger partial charge in [-0.05, 0) is 42.8 Å². The van der Waals surface area contributed by atoms with Crippen LogP contribution in [0.4, 0.5) is 15.8 Å². The van der Waals surface area contributed by atoms with Gasteiger partial charge >= 0.3 is 0 Å². The Bertz CT molecular complexity index is 796. The van der Waals surface area contributed by atoms with Crippen molar-refractivity contribution in [2.45, 2.75) is 13.8 Å². The second kappa shape index (κ2) is 7.64. The average molecular weight is 369 g/mol. The summed E-state index contributed by atoms with van der Waals surface area (Å²) in [6, 6.07) is 8.95. The third-order valence-electron chi connectivity index (χ3n) is 3.35. The SMILES string of the molecule is CC(=O)N(CC(=O)Nc1ccc(C)c(Cl)c1)c1ccc(F)c(Cl)c1. The number of anilines is 2. The van der Waals surface area contributed by atoms with E-state index in [1.165, 1.54) is 24.0 Å². The number of amides is 2. The van der Waals surface area contributed by atoms with Gasteiger partial charge in [0, 0.05) is 23.3 Å². The lowest BCUT2D eigenvalue weighted by Gasteiger charge is -2.21. The molecule has 4 nitrogen and oxygen atoms in total. The number of hydrogen-bond donors (Lipinski definition) is 1. The maximum atomic E-state index is 13.3. The zero-order valence-electron chi connectivity index (χ0n) is 13.1. The summed E-state index contributed by atoms with van der Waals surface area (Å²) in [6.07, 6.45) is 0. The van der Waals surface area contributed by atoms with Crippen molar-refractivity contribution in [2.75, 3.05) is 16.8 Å². The molecule has 24 heavy (non-hydrogen) atoms. The van der Waals surface area contributed by atoms with E-state index in [-0.39, 0.29) is 17.5 Å². The minimum Gasteiger partial charge on any atom is -0.324 e. The van der Waals surface area contributed by atoms with Crippen molar-refractivity contribution in [1.82, 2.24) is 0 Å². The molecule has 2 rings (SSSR count). The zero-order chi connectivity index (χ0) is 17.9. The lowest BCUT2D eigenvalue weighted by Crippen LogP contribution is -2.36. The Balaban J connectivity index is 2.15. The molecule has 0 aromatic heterocycles. The molecule has 0 spiro atoms. The van der Waals surface area contributed by atoms with Crippen LogP contribution in [0, 0.1) is 12.7 Å². The fourth-order valence-electron chi connectivity index (χ4n) is 2.05. The smallest absolute Gasteiger partial charge is 0.244 e. The van der Waals surface area contributed by atoms with E-state index in [9.17, 15) is 14.0 Å². The maximum Gasteiger partial charge on any atom is 0.244 e. The Morgan fingerprint density at radius 1 is 1.12 bits per heavy atom. The van der Waals surface area contributed by atoms with Gasteiger partial charge in [0.05, 0.1) is 5.02 Å². The van der Waals surface area contributed by atoms with Crippen LogP contribution < -0.4 is 10.2 Å². The van der Waals surface area contributed by atoms with E-state index in [2.05, 4.69) is 5.32 Å². The Labute approximate surface area is 149 Å². The molecule has 1 N–H and O–H groups in total. The van der Waals surface area contributed by atoms with E-state index in [1.54, 1.807) is 18.2 Å². The Kier molecular flexibility index (Phi) is 5.80. The number of rotatable bonds is 4. The van der Waals surface area contributed by atoms with Crippen LogP contribution in [0.15, 0.2) is 36.4 Å². The molecule has 0 heterocycles. The molecule has 2 aromatic rings. The van der Waals surface area contributed by atoms with Crippen LogP contribution in [-0.4, -0.2) is 18.4 Å². The minimum absolute atomic E-state index is 0.121. The molecule has 0 fully saturated rings. The van der Waals surface area contributed by atoms with Crippen LogP contribution in [-0.2, 0) is 9.59 Å². The molecule has 0 atom stereocenters. The quantitative estimate of drug-likeness (QED) is 0.867. The van der Waals surface area contributed by atoms with Crippen molar-refractivity contribution >= 4 is 46.4 Å². The topological polar surface area (TPSA) is 49.4 Å². The second-order valence-corrected chi connectivity index (χ2v) is 6.03. The lowest BCUT2D eigenvalue weighted by atomic mass is 10.2. The molecule has 0 aliphatic heterocycles. The largest absolute Gasteiger partial charge is 0.324 e. The first-order valence-electron chi connectivity index (χ1n) is 7.07. The first kappa shape index (κ1) is 18.2. The maximum absolute atomic E-state index is 13.3. The predicted molar refractivity (Wildman–Crippen MR) is 94.3 cm³/mol. The van der Waals surface area contributed by atoms with Gasteiger partial charge in [-0.25, -0.2) is 4.39 Å². The zero-order valence-corrected chi connectivity index (χ0v) is 14.6. The van der Waals surface area contributed by atoms with Gasteiger partial charge in [-0.1, -0.05) is 29.3 Å². The van der Waals surface area contributed by atoms with E-state index < -0.39 is 11.7 Å². The standard InChI is InChI=1S/C17H15Cl2FN2O2/c1-10-3-4-12(7-14(10)18)21-17(24)9-22(11(2)23)13-5-6-16(20)15(19)8-13/h3-8H,9H2,1-2H3,(H,21,24). The van der Waals surface area contributed by atoms with Crippen molar-refractivity contribution in [3.8, 4) is 0 Å². The van der Waals surface area contributed by atoms with Gasteiger partial charge in [-0.3, -0.25) is 9.59 Å². The number of aryl methyl sites for hydroxylation is 1. The predicted octanol–water partition coefficient (Wildman–Crippen LogP) is 4.43. The van der Waals surface area contributed by atoms with Gasteiger partial charge in [0.25, 0.3) is 0 Å². The molecule has 2 aromatic carbocycles. The van der Waals surface area contributed by atoms with Crippen LogP contribution in [0.25, 0.3) is 0 Å². The summed E-state index contributed by atoms with van der Waals surface area (Å²) in [5.41, 5.74) is 1.75. The number of nitrogens with one attached hydrogen (secondary N) is 1. The Morgan fingerprint density at radius 3 is 2.42 bits per heavy atom. The van der Waals surface area contributed by atoms with Crippen molar-refractivity contribution in [3.05, 3.63) is 57.8 Å². The normalized spacial score (nSPS) is 10.4. The molecule has 0 aliphatic rings. The molecule has 0 radical (unpaired) electrons. The molecule has 126 valence electrons. The molecule has 2 amide bonds. The minimum atomic E-state index is -0.595. The van der Waals surface area contributed by atoms with E-state index in [0.717, 1.165) is 11.6 Å². The number of halogens is 3. The van der Waals surface area contributed by atoms with E-state index >= 15 is 0 Å². The summed E-state index contributed by atoms with van der Waals surface area (Å²) in [4.78, 5) is 25.2. The van der Waals surface area contributed by atoms with E-state index in [0.29, 0.717) is 16.4 Å². The second-order valence-electron chi connectivity index (χ2n) is 5.22. The van der Waals surface area contributed by atoms with Crippen molar-refractivity contribution in [2.24, 2.45) is 0 Å². The first-order chi connectivity index (χ1) is 11.3. The number of benzene rings is 2. The molecule has 0 saturated heterocycles. The van der Waals surface area contributed by atoms with Gasteiger partial charge < -0.3 is 10.2 Å². The van der Waals surface area contributed by atoms with Gasteiger partial charge in [0.1, 0.15) is 12.4 Å². The molecular weight excluding hydrogens is 354 g/mol. The molecule has 0 unspecified atom stereocenters. The highest BCUT2D eigenvalue weighted by atomic mass is 35.5. The van der Waals surface area contributed by atoms with Crippen LogP contribution in [0.2, 0.25) is 10.0 Å². The first-order valence-corrected chi connectivity index (χ1v) is 7.82. The van der Waals surface area contributed by atoms with Crippen molar-refractivity contribution in [3.63, 3.8) is 0 Å². The van der Waals surface area contributed by atoms with E-state index in [1.807, 2.05) is 6.92 Å². The summed E-state index contributed by atoms with van der Waals surface area (Å²) >= 11 is 11.7. The fraction of sp³-hybridized carbons (Fsp3) is 0.176. The van der Waals surface area contributed by atoms with E-state index in [4.69, 9.17) is 23.2 Å². The number of carbonyl (C=O) groups excluding carboxylic acids is 2. The van der Waals surface area contributed by atoms with Gasteiger partial charge in [-0.15, -0.1) is 0 Å². The van der Waals surface area contributed by atoms with Crippen LogP contribution >= 0.6 is 23.2 Å². The highest BCUT2D eigenvalue weighted by Gasteiger charge is 2.17. The summed E-state index contributed by atoms with van der Waals surface area (Å²) in [6.45, 7) is 2.93. The van der Waals surface area contributed by atoms with Gasteiger partial charge in [0.2, 0.25) is 11.8 Å². The number of hydrogen-bond acceptors (Lipinski definition) is 2. The Morgan fingerprint density at radius 2 is 1.83 bits per heavy atom. The summed E-state index contributed by atoms with van der Waals surface area (Å²) < 4.78 is 13.3. The summed E-state index contributed by atoms with van der Waals surface area (Å²) in [5.74, 6) is -1.37. The van der Waals surface area contributed by atoms with Crippen LogP contribution in [0.5, 0.6) is 0 Å². The molecular formula is C17H15Cl2FN2O2. The molecule has 7 heteroatoms.